The van der Waals surface area contributed by atoms with Gasteiger partial charge in [-0.2, -0.15) is 0 Å². The Kier molecular flexibility index (Phi) is 5.23. The summed E-state index contributed by atoms with van der Waals surface area (Å²) in [5.41, 5.74) is 0.124. The lowest BCUT2D eigenvalue weighted by Crippen LogP contribution is -2.30. The van der Waals surface area contributed by atoms with Crippen LogP contribution in [0.4, 0.5) is 4.79 Å². The maximum Gasteiger partial charge on any atom is 0.339 e. The molecule has 3 rings (SSSR count). The maximum atomic E-state index is 12.3. The van der Waals surface area contributed by atoms with Gasteiger partial charge in [-0.15, -0.1) is 0 Å². The van der Waals surface area contributed by atoms with Gasteiger partial charge in [0.2, 0.25) is 0 Å². The van der Waals surface area contributed by atoms with Crippen LogP contribution in [0.5, 0.6) is 5.75 Å². The zero-order valence-electron chi connectivity index (χ0n) is 14.1. The third-order valence-corrected chi connectivity index (χ3v) is 4.74. The monoisotopic (exact) mass is 403 g/mol. The Morgan fingerprint density at radius 3 is 2.57 bits per heavy atom. The first-order chi connectivity index (χ1) is 13.3. The summed E-state index contributed by atoms with van der Waals surface area (Å²) < 4.78 is 5.58. The van der Waals surface area contributed by atoms with E-state index in [1.165, 1.54) is 30.3 Å². The van der Waals surface area contributed by atoms with Crippen molar-refractivity contribution in [2.75, 3.05) is 6.54 Å². The van der Waals surface area contributed by atoms with Crippen LogP contribution in [0.1, 0.15) is 22.5 Å². The lowest BCUT2D eigenvalue weighted by molar-refractivity contribution is -0.137. The average Bonchev–Trinajstić information content (AvgIpc) is 3.19. The highest BCUT2D eigenvalue weighted by Crippen LogP contribution is 2.34. The minimum absolute atomic E-state index is 0.0909. The number of aromatic hydroxyl groups is 1. The molecular formula is C18H13NO8S. The second-order valence-corrected chi connectivity index (χ2v) is 6.71. The fourth-order valence-electron chi connectivity index (χ4n) is 2.48. The summed E-state index contributed by atoms with van der Waals surface area (Å²) in [6.07, 6.45) is 1.01. The third kappa shape index (κ3) is 3.91. The Morgan fingerprint density at radius 2 is 1.89 bits per heavy atom. The number of carbonyl (C=O) groups is 4. The molecule has 2 heterocycles. The number of aliphatic carboxylic acids is 1. The largest absolute Gasteiger partial charge is 0.507 e. The van der Waals surface area contributed by atoms with Crippen LogP contribution in [-0.4, -0.2) is 49.8 Å². The lowest BCUT2D eigenvalue weighted by atomic mass is 10.1. The smallest absolute Gasteiger partial charge is 0.339 e. The molecule has 0 saturated carbocycles. The van der Waals surface area contributed by atoms with E-state index in [9.17, 15) is 24.3 Å². The lowest BCUT2D eigenvalue weighted by Gasteiger charge is -2.09. The molecule has 1 aliphatic heterocycles. The van der Waals surface area contributed by atoms with Crippen molar-refractivity contribution in [3.05, 3.63) is 46.6 Å². The molecule has 10 heteroatoms. The van der Waals surface area contributed by atoms with Crippen molar-refractivity contribution < 1.29 is 38.9 Å². The van der Waals surface area contributed by atoms with E-state index < -0.39 is 23.1 Å². The SMILES string of the molecule is O=C(O)CCN1C(=O)S/C(=C\c2ccc(-c3ccc(O)c(C(=O)O)c3)o2)C1=O. The Labute approximate surface area is 161 Å². The number of hydrogen-bond acceptors (Lipinski definition) is 7. The Morgan fingerprint density at radius 1 is 1.14 bits per heavy atom. The Bertz CT molecular complexity index is 1020. The molecule has 1 saturated heterocycles. The summed E-state index contributed by atoms with van der Waals surface area (Å²) in [5.74, 6) is -2.83. The van der Waals surface area contributed by atoms with Crippen LogP contribution in [0.2, 0.25) is 0 Å². The summed E-state index contributed by atoms with van der Waals surface area (Å²) >= 11 is 0.677. The van der Waals surface area contributed by atoms with Gasteiger partial charge in [0.25, 0.3) is 11.1 Å². The van der Waals surface area contributed by atoms with Gasteiger partial charge in [-0.1, -0.05) is 0 Å². The number of nitrogens with zero attached hydrogens (tertiary/aromatic N) is 1. The highest BCUT2D eigenvalue weighted by atomic mass is 32.2. The van der Waals surface area contributed by atoms with Crippen molar-refractivity contribution in [2.24, 2.45) is 0 Å². The van der Waals surface area contributed by atoms with E-state index >= 15 is 0 Å². The molecule has 0 radical (unpaired) electrons. The minimum atomic E-state index is -1.29. The molecule has 2 aromatic rings. The van der Waals surface area contributed by atoms with Gasteiger partial charge in [0, 0.05) is 18.2 Å². The fraction of sp³-hybridized carbons (Fsp3) is 0.111. The normalized spacial score (nSPS) is 15.4. The van der Waals surface area contributed by atoms with Gasteiger partial charge in [0.05, 0.1) is 11.3 Å². The van der Waals surface area contributed by atoms with Gasteiger partial charge in [0.15, 0.2) is 0 Å². The summed E-state index contributed by atoms with van der Waals surface area (Å²) in [6.45, 7) is -0.216. The molecular weight excluding hydrogens is 390 g/mol. The van der Waals surface area contributed by atoms with E-state index in [-0.39, 0.29) is 34.9 Å². The molecule has 9 nitrogen and oxygen atoms in total. The van der Waals surface area contributed by atoms with Crippen molar-refractivity contribution in [3.63, 3.8) is 0 Å². The molecule has 1 aromatic carbocycles. The topological polar surface area (TPSA) is 145 Å². The predicted octanol–water partition coefficient (Wildman–Crippen LogP) is 2.86. The van der Waals surface area contributed by atoms with Gasteiger partial charge < -0.3 is 19.7 Å². The molecule has 0 bridgehead atoms. The van der Waals surface area contributed by atoms with Crippen molar-refractivity contribution in [1.29, 1.82) is 0 Å². The number of aromatic carboxylic acids is 1. The highest BCUT2D eigenvalue weighted by Gasteiger charge is 2.35. The van der Waals surface area contributed by atoms with E-state index in [4.69, 9.17) is 14.6 Å². The zero-order valence-corrected chi connectivity index (χ0v) is 14.9. The number of hydrogen-bond donors (Lipinski definition) is 3. The van der Waals surface area contributed by atoms with Crippen LogP contribution >= 0.6 is 11.8 Å². The number of carbonyl (C=O) groups excluding carboxylic acids is 2. The van der Waals surface area contributed by atoms with Crippen LogP contribution in [0.15, 0.2) is 39.7 Å². The number of rotatable bonds is 6. The van der Waals surface area contributed by atoms with E-state index in [1.54, 1.807) is 6.07 Å². The predicted molar refractivity (Wildman–Crippen MR) is 97.7 cm³/mol. The van der Waals surface area contributed by atoms with Crippen LogP contribution in [-0.2, 0) is 9.59 Å². The minimum Gasteiger partial charge on any atom is -0.507 e. The Hall–Kier alpha value is -3.53. The fourth-order valence-corrected chi connectivity index (χ4v) is 3.32. The number of amides is 2. The third-order valence-electron chi connectivity index (χ3n) is 3.83. The highest BCUT2D eigenvalue weighted by molar-refractivity contribution is 8.18. The molecule has 28 heavy (non-hydrogen) atoms. The van der Waals surface area contributed by atoms with Gasteiger partial charge in [-0.05, 0) is 42.1 Å². The van der Waals surface area contributed by atoms with Gasteiger partial charge in [-0.25, -0.2) is 4.79 Å². The van der Waals surface area contributed by atoms with Gasteiger partial charge >= 0.3 is 11.9 Å². The number of imide groups is 1. The van der Waals surface area contributed by atoms with E-state index in [0.29, 0.717) is 23.1 Å². The molecule has 1 aromatic heterocycles. The second kappa shape index (κ2) is 7.61. The quantitative estimate of drug-likeness (QED) is 0.620. The van der Waals surface area contributed by atoms with Crippen LogP contribution in [0.25, 0.3) is 17.4 Å². The number of furan rings is 1. The van der Waals surface area contributed by atoms with Crippen molar-refractivity contribution >= 4 is 40.9 Å². The van der Waals surface area contributed by atoms with Crippen LogP contribution in [0, 0.1) is 0 Å². The molecule has 1 fully saturated rings. The average molecular weight is 403 g/mol. The van der Waals surface area contributed by atoms with E-state index in [0.717, 1.165) is 4.90 Å². The number of benzene rings is 1. The molecule has 2 amide bonds. The number of thioether (sulfide) groups is 1. The molecule has 3 N–H and O–H groups in total. The summed E-state index contributed by atoms with van der Waals surface area (Å²) in [7, 11) is 0. The molecule has 144 valence electrons. The molecule has 1 aliphatic rings. The summed E-state index contributed by atoms with van der Waals surface area (Å²) in [5, 5.41) is 26.8. The summed E-state index contributed by atoms with van der Waals surface area (Å²) in [6, 6.07) is 7.05. The number of phenols is 1. The second-order valence-electron chi connectivity index (χ2n) is 5.72. The van der Waals surface area contributed by atoms with Gasteiger partial charge in [-0.3, -0.25) is 19.3 Å². The first-order valence-corrected chi connectivity index (χ1v) is 8.71. The summed E-state index contributed by atoms with van der Waals surface area (Å²) in [4.78, 5) is 46.8. The molecule has 0 unspecified atom stereocenters. The van der Waals surface area contributed by atoms with Crippen molar-refractivity contribution in [2.45, 2.75) is 6.42 Å². The zero-order chi connectivity index (χ0) is 20.4. The Balaban J connectivity index is 1.82. The maximum absolute atomic E-state index is 12.3. The number of carboxylic acid groups (broad SMARTS) is 2. The van der Waals surface area contributed by atoms with Gasteiger partial charge in [0.1, 0.15) is 22.8 Å². The van der Waals surface area contributed by atoms with Crippen LogP contribution < -0.4 is 0 Å². The molecule has 0 atom stereocenters. The van der Waals surface area contributed by atoms with Crippen LogP contribution in [0.3, 0.4) is 0 Å². The number of carboxylic acids is 2. The van der Waals surface area contributed by atoms with Crippen molar-refractivity contribution in [1.82, 2.24) is 4.90 Å². The first-order valence-electron chi connectivity index (χ1n) is 7.90. The van der Waals surface area contributed by atoms with Crippen molar-refractivity contribution in [3.8, 4) is 17.1 Å². The standard InChI is InChI=1S/C18H13NO8S/c20-12-3-1-9(7-11(12)17(24)25)13-4-2-10(27-13)8-14-16(23)19(18(26)28-14)6-5-15(21)22/h1-4,7-8,20H,5-6H2,(H,21,22)(H,24,25)/b14-8-. The molecule has 0 aliphatic carbocycles. The molecule has 0 spiro atoms. The van der Waals surface area contributed by atoms with E-state index in [1.807, 2.05) is 0 Å². The first kappa shape index (κ1) is 19.2. The van der Waals surface area contributed by atoms with E-state index in [2.05, 4.69) is 0 Å².